The number of rotatable bonds is 8. The van der Waals surface area contributed by atoms with Gasteiger partial charge in [0.2, 0.25) is 0 Å². The topological polar surface area (TPSA) is 71.5 Å². The Hall–Kier alpha value is -2.77. The Morgan fingerprint density at radius 3 is 2.62 bits per heavy atom. The summed E-state index contributed by atoms with van der Waals surface area (Å²) in [6.45, 7) is 4.21. The number of carboxylic acid groups (broad SMARTS) is 1. The van der Waals surface area contributed by atoms with Gasteiger partial charge in [-0.3, -0.25) is 0 Å². The highest BCUT2D eigenvalue weighted by Crippen LogP contribution is 2.41. The van der Waals surface area contributed by atoms with Crippen molar-refractivity contribution in [1.82, 2.24) is 4.98 Å². The zero-order chi connectivity index (χ0) is 20.4. The Labute approximate surface area is 177 Å². The molecule has 1 heterocycles. The molecule has 29 heavy (non-hydrogen) atoms. The van der Waals surface area contributed by atoms with E-state index in [4.69, 9.17) is 9.84 Å². The van der Waals surface area contributed by atoms with Gasteiger partial charge >= 0.3 is 5.97 Å². The maximum Gasteiger partial charge on any atom is 0.335 e. The van der Waals surface area contributed by atoms with Crippen LogP contribution in [0.15, 0.2) is 59.4 Å². The number of ether oxygens (including phenoxy) is 1. The molecule has 0 amide bonds. The molecule has 148 valence electrons. The van der Waals surface area contributed by atoms with Gasteiger partial charge in [0.25, 0.3) is 0 Å². The molecule has 0 spiro atoms. The van der Waals surface area contributed by atoms with Crippen LogP contribution in [0.2, 0.25) is 0 Å². The lowest BCUT2D eigenvalue weighted by Gasteiger charge is -2.10. The largest absolute Gasteiger partial charge is 0.495 e. The van der Waals surface area contributed by atoms with Crippen LogP contribution in [0.5, 0.6) is 5.75 Å². The number of thiazole rings is 1. The molecule has 4 rings (SSSR count). The van der Waals surface area contributed by atoms with Gasteiger partial charge in [0.1, 0.15) is 15.0 Å². The van der Waals surface area contributed by atoms with Crippen LogP contribution in [0.25, 0.3) is 16.1 Å². The first kappa shape index (κ1) is 19.5. The standard InChI is InChI=1S/C22H20N2O3S2/c1-13(14-3-4-14)15-5-7-16(8-6-15)21-23-12-20(28-21)29-24-18-10-9-17(22(25)26)11-19(18)27-2/h5-12,14,24H,1,3-4H2,2H3,(H,25,26). The van der Waals surface area contributed by atoms with Gasteiger partial charge in [0.15, 0.2) is 0 Å². The van der Waals surface area contributed by atoms with E-state index in [1.54, 1.807) is 23.5 Å². The zero-order valence-electron chi connectivity index (χ0n) is 15.8. The number of hydrogen-bond acceptors (Lipinski definition) is 6. The van der Waals surface area contributed by atoms with Gasteiger partial charge in [0.05, 0.1) is 24.6 Å². The fourth-order valence-corrected chi connectivity index (χ4v) is 4.62. The summed E-state index contributed by atoms with van der Waals surface area (Å²) in [6.07, 6.45) is 4.34. The number of carbonyl (C=O) groups is 1. The molecule has 2 N–H and O–H groups in total. The number of allylic oxidation sites excluding steroid dienone is 1. The molecule has 0 radical (unpaired) electrons. The number of hydrogen-bond donors (Lipinski definition) is 2. The van der Waals surface area contributed by atoms with Crippen molar-refractivity contribution in [3.05, 3.63) is 66.4 Å². The molecule has 7 heteroatoms. The third-order valence-corrected chi connectivity index (χ3v) is 6.74. The lowest BCUT2D eigenvalue weighted by molar-refractivity contribution is 0.0696. The fourth-order valence-electron chi connectivity index (χ4n) is 2.95. The average molecular weight is 425 g/mol. The van der Waals surface area contributed by atoms with Crippen molar-refractivity contribution in [2.75, 3.05) is 11.8 Å². The van der Waals surface area contributed by atoms with Crippen molar-refractivity contribution in [3.63, 3.8) is 0 Å². The molecular weight excluding hydrogens is 404 g/mol. The SMILES string of the molecule is C=C(c1ccc(-c2ncc(SNc3ccc(C(=O)O)cc3OC)s2)cc1)C1CC1. The Morgan fingerprint density at radius 2 is 1.97 bits per heavy atom. The second-order valence-corrected chi connectivity index (χ2v) is 8.92. The first-order valence-corrected chi connectivity index (χ1v) is 10.8. The molecule has 3 aromatic rings. The molecule has 1 aliphatic rings. The van der Waals surface area contributed by atoms with Crippen LogP contribution in [0.3, 0.4) is 0 Å². The van der Waals surface area contributed by atoms with Gasteiger partial charge in [0, 0.05) is 5.56 Å². The number of aromatic nitrogens is 1. The average Bonchev–Trinajstić information content (AvgIpc) is 3.49. The van der Waals surface area contributed by atoms with Crippen LogP contribution in [-0.4, -0.2) is 23.2 Å². The third-order valence-electron chi connectivity index (χ3n) is 4.77. The molecule has 1 fully saturated rings. The molecule has 5 nitrogen and oxygen atoms in total. The van der Waals surface area contributed by atoms with Crippen LogP contribution < -0.4 is 9.46 Å². The van der Waals surface area contributed by atoms with E-state index < -0.39 is 5.97 Å². The number of nitrogens with one attached hydrogen (secondary N) is 1. The van der Waals surface area contributed by atoms with E-state index in [1.807, 2.05) is 6.20 Å². The highest BCUT2D eigenvalue weighted by molar-refractivity contribution is 8.02. The summed E-state index contributed by atoms with van der Waals surface area (Å²) in [5.74, 6) is 0.159. The van der Waals surface area contributed by atoms with E-state index in [9.17, 15) is 4.79 Å². The van der Waals surface area contributed by atoms with Crippen LogP contribution in [0.1, 0.15) is 28.8 Å². The van der Waals surface area contributed by atoms with Crippen molar-refractivity contribution in [3.8, 4) is 16.3 Å². The smallest absolute Gasteiger partial charge is 0.335 e. The Balaban J connectivity index is 1.43. The number of nitrogens with zero attached hydrogens (tertiary/aromatic N) is 1. The lowest BCUT2D eigenvalue weighted by atomic mass is 10.0. The second kappa shape index (κ2) is 8.31. The van der Waals surface area contributed by atoms with Crippen molar-refractivity contribution in [2.24, 2.45) is 5.92 Å². The Morgan fingerprint density at radius 1 is 1.24 bits per heavy atom. The van der Waals surface area contributed by atoms with E-state index in [0.29, 0.717) is 17.4 Å². The van der Waals surface area contributed by atoms with Crippen LogP contribution in [0.4, 0.5) is 5.69 Å². The van der Waals surface area contributed by atoms with E-state index in [2.05, 4.69) is 40.6 Å². The fraction of sp³-hybridized carbons (Fsp3) is 0.182. The summed E-state index contributed by atoms with van der Waals surface area (Å²) in [5, 5.41) is 10.0. The summed E-state index contributed by atoms with van der Waals surface area (Å²) in [4.78, 5) is 15.6. The molecule has 0 unspecified atom stereocenters. The first-order chi connectivity index (χ1) is 14.0. The van der Waals surface area contributed by atoms with Gasteiger partial charge in [-0.25, -0.2) is 9.78 Å². The van der Waals surface area contributed by atoms with Gasteiger partial charge < -0.3 is 14.6 Å². The number of benzene rings is 2. The number of aromatic carboxylic acids is 1. The summed E-state index contributed by atoms with van der Waals surface area (Å²) in [6, 6.07) is 13.2. The van der Waals surface area contributed by atoms with Gasteiger partial charge in [-0.1, -0.05) is 30.8 Å². The second-order valence-electron chi connectivity index (χ2n) is 6.79. The third kappa shape index (κ3) is 4.46. The number of methoxy groups -OCH3 is 1. The Kier molecular flexibility index (Phi) is 5.60. The van der Waals surface area contributed by atoms with Crippen LogP contribution in [0, 0.1) is 5.92 Å². The summed E-state index contributed by atoms with van der Waals surface area (Å²) >= 11 is 3.01. The maximum absolute atomic E-state index is 11.1. The zero-order valence-corrected chi connectivity index (χ0v) is 17.5. The first-order valence-electron chi connectivity index (χ1n) is 9.15. The highest BCUT2D eigenvalue weighted by atomic mass is 32.2. The van der Waals surface area contributed by atoms with Gasteiger partial charge in [-0.2, -0.15) is 0 Å². The lowest BCUT2D eigenvalue weighted by Crippen LogP contribution is -1.99. The quantitative estimate of drug-likeness (QED) is 0.428. The molecule has 1 aromatic heterocycles. The normalized spacial score (nSPS) is 13.1. The minimum atomic E-state index is -0.985. The van der Waals surface area contributed by atoms with Gasteiger partial charge in [-0.05, 0) is 60.0 Å². The highest BCUT2D eigenvalue weighted by Gasteiger charge is 2.25. The predicted molar refractivity (Wildman–Crippen MR) is 119 cm³/mol. The molecule has 1 aliphatic carbocycles. The van der Waals surface area contributed by atoms with E-state index in [0.717, 1.165) is 14.8 Å². The number of anilines is 1. The minimum absolute atomic E-state index is 0.185. The summed E-state index contributed by atoms with van der Waals surface area (Å²) in [7, 11) is 1.52. The monoisotopic (exact) mass is 424 g/mol. The summed E-state index contributed by atoms with van der Waals surface area (Å²) < 4.78 is 9.50. The number of carboxylic acids is 1. The van der Waals surface area contributed by atoms with Crippen LogP contribution in [-0.2, 0) is 0 Å². The van der Waals surface area contributed by atoms with Crippen molar-refractivity contribution >= 4 is 40.5 Å². The molecule has 0 aliphatic heterocycles. The van der Waals surface area contributed by atoms with Crippen molar-refractivity contribution in [2.45, 2.75) is 17.1 Å². The Bertz CT molecular complexity index is 1060. The molecule has 1 saturated carbocycles. The maximum atomic E-state index is 11.1. The van der Waals surface area contributed by atoms with Gasteiger partial charge in [-0.15, -0.1) is 11.3 Å². The molecule has 0 bridgehead atoms. The van der Waals surface area contributed by atoms with Crippen LogP contribution >= 0.6 is 23.3 Å². The van der Waals surface area contributed by atoms with Crippen molar-refractivity contribution in [1.29, 1.82) is 0 Å². The van der Waals surface area contributed by atoms with E-state index >= 15 is 0 Å². The van der Waals surface area contributed by atoms with E-state index in [1.165, 1.54) is 49.1 Å². The predicted octanol–water partition coefficient (Wildman–Crippen LogP) is 6.06. The summed E-state index contributed by atoms with van der Waals surface area (Å²) in [5.41, 5.74) is 4.42. The molecule has 2 aromatic carbocycles. The minimum Gasteiger partial charge on any atom is -0.495 e. The molecular formula is C22H20N2O3S2. The van der Waals surface area contributed by atoms with Crippen molar-refractivity contribution < 1.29 is 14.6 Å². The molecule has 0 atom stereocenters. The van der Waals surface area contributed by atoms with E-state index in [-0.39, 0.29) is 5.56 Å². The molecule has 0 saturated heterocycles.